The Bertz CT molecular complexity index is 294. The van der Waals surface area contributed by atoms with Crippen molar-refractivity contribution in [3.8, 4) is 0 Å². The van der Waals surface area contributed by atoms with Crippen molar-refractivity contribution in [2.45, 2.75) is 38.1 Å². The Labute approximate surface area is 81.9 Å². The van der Waals surface area contributed by atoms with Crippen molar-refractivity contribution in [3.63, 3.8) is 0 Å². The number of carbonyl (C=O) groups is 2. The molecule has 0 aromatic heterocycles. The molecule has 4 nitrogen and oxygen atoms in total. The van der Waals surface area contributed by atoms with Crippen LogP contribution in [0.3, 0.4) is 0 Å². The Morgan fingerprint density at radius 1 is 1.43 bits per heavy atom. The molecular weight excluding hydrogens is 184 g/mol. The molecule has 3 atom stereocenters. The molecule has 0 N–H and O–H groups in total. The van der Waals surface area contributed by atoms with Gasteiger partial charge in [0.05, 0.1) is 6.10 Å². The molecule has 2 aliphatic heterocycles. The smallest absolute Gasteiger partial charge is 0.313 e. The van der Waals surface area contributed by atoms with E-state index in [1.54, 1.807) is 6.08 Å². The van der Waals surface area contributed by atoms with Crippen molar-refractivity contribution in [2.24, 2.45) is 0 Å². The minimum Gasteiger partial charge on any atom is -0.462 e. The zero-order valence-corrected chi connectivity index (χ0v) is 7.93. The number of cyclic esters (lactones) is 1. The topological polar surface area (TPSA) is 55.9 Å². The second-order valence-corrected chi connectivity index (χ2v) is 3.68. The second kappa shape index (κ2) is 3.53. The minimum absolute atomic E-state index is 0.0400. The number of epoxide rings is 1. The van der Waals surface area contributed by atoms with Crippen LogP contribution in [0, 0.1) is 0 Å². The van der Waals surface area contributed by atoms with Gasteiger partial charge in [0.2, 0.25) is 0 Å². The van der Waals surface area contributed by atoms with Crippen molar-refractivity contribution < 1.29 is 19.1 Å². The lowest BCUT2D eigenvalue weighted by Gasteiger charge is -2.11. The summed E-state index contributed by atoms with van der Waals surface area (Å²) in [6, 6.07) is 0. The SMILES string of the molecule is C[C@@H]1C[C@@H]2O[C@@H]2/C=C/C(=O)CC(=O)O1. The fraction of sp³-hybridized carbons (Fsp3) is 0.600. The van der Waals surface area contributed by atoms with Gasteiger partial charge in [0.15, 0.2) is 5.78 Å². The predicted molar refractivity (Wildman–Crippen MR) is 47.6 cm³/mol. The summed E-state index contributed by atoms with van der Waals surface area (Å²) in [7, 11) is 0. The Kier molecular flexibility index (Phi) is 2.37. The van der Waals surface area contributed by atoms with Crippen LogP contribution in [-0.2, 0) is 19.1 Å². The number of rotatable bonds is 0. The first kappa shape index (κ1) is 9.40. The van der Waals surface area contributed by atoms with Gasteiger partial charge in [-0.2, -0.15) is 0 Å². The van der Waals surface area contributed by atoms with Gasteiger partial charge in [-0.05, 0) is 19.1 Å². The van der Waals surface area contributed by atoms with Gasteiger partial charge >= 0.3 is 5.97 Å². The number of carbonyl (C=O) groups excluding carboxylic acids is 2. The highest BCUT2D eigenvalue weighted by atomic mass is 16.6. The molecule has 0 unspecified atom stereocenters. The van der Waals surface area contributed by atoms with E-state index >= 15 is 0 Å². The van der Waals surface area contributed by atoms with Crippen LogP contribution in [0.2, 0.25) is 0 Å². The van der Waals surface area contributed by atoms with Crippen LogP contribution in [0.15, 0.2) is 12.2 Å². The molecule has 1 fully saturated rings. The van der Waals surface area contributed by atoms with Crippen molar-refractivity contribution >= 4 is 11.8 Å². The van der Waals surface area contributed by atoms with Gasteiger partial charge in [-0.1, -0.05) is 0 Å². The molecule has 0 saturated carbocycles. The molecule has 0 aromatic rings. The van der Waals surface area contributed by atoms with E-state index in [4.69, 9.17) is 9.47 Å². The molecule has 2 aliphatic rings. The highest BCUT2D eigenvalue weighted by molar-refractivity contribution is 6.02. The highest BCUT2D eigenvalue weighted by Gasteiger charge is 2.38. The summed E-state index contributed by atoms with van der Waals surface area (Å²) in [5, 5.41) is 0. The van der Waals surface area contributed by atoms with Crippen molar-refractivity contribution in [1.82, 2.24) is 0 Å². The third-order valence-electron chi connectivity index (χ3n) is 2.31. The quantitative estimate of drug-likeness (QED) is 0.323. The summed E-state index contributed by atoms with van der Waals surface area (Å²) in [5.41, 5.74) is 0. The molecule has 0 aliphatic carbocycles. The molecule has 0 bridgehead atoms. The third kappa shape index (κ3) is 2.20. The summed E-state index contributed by atoms with van der Waals surface area (Å²) >= 11 is 0. The number of allylic oxidation sites excluding steroid dienone is 1. The Hall–Kier alpha value is -1.16. The van der Waals surface area contributed by atoms with E-state index in [-0.39, 0.29) is 30.5 Å². The summed E-state index contributed by atoms with van der Waals surface area (Å²) in [6.45, 7) is 1.81. The van der Waals surface area contributed by atoms with Gasteiger partial charge in [0, 0.05) is 6.42 Å². The number of esters is 1. The largest absolute Gasteiger partial charge is 0.462 e. The Balaban J connectivity index is 2.05. The summed E-state index contributed by atoms with van der Waals surface area (Å²) in [5.74, 6) is -0.676. The first-order valence-electron chi connectivity index (χ1n) is 4.71. The van der Waals surface area contributed by atoms with Gasteiger partial charge < -0.3 is 9.47 Å². The molecule has 2 heterocycles. The van der Waals surface area contributed by atoms with Crippen molar-refractivity contribution in [3.05, 3.63) is 12.2 Å². The van der Waals surface area contributed by atoms with E-state index in [0.29, 0.717) is 6.42 Å². The molecule has 1 saturated heterocycles. The monoisotopic (exact) mass is 196 g/mol. The van der Waals surface area contributed by atoms with Crippen LogP contribution in [0.4, 0.5) is 0 Å². The summed E-state index contributed by atoms with van der Waals surface area (Å²) in [4.78, 5) is 22.3. The van der Waals surface area contributed by atoms with Crippen molar-refractivity contribution in [2.75, 3.05) is 0 Å². The first-order chi connectivity index (χ1) is 6.65. The highest BCUT2D eigenvalue weighted by Crippen LogP contribution is 2.29. The van der Waals surface area contributed by atoms with Crippen LogP contribution in [0.25, 0.3) is 0 Å². The van der Waals surface area contributed by atoms with E-state index in [1.165, 1.54) is 6.08 Å². The number of hydrogen-bond donors (Lipinski definition) is 0. The van der Waals surface area contributed by atoms with E-state index in [2.05, 4.69) is 0 Å². The van der Waals surface area contributed by atoms with Gasteiger partial charge in [-0.3, -0.25) is 9.59 Å². The lowest BCUT2D eigenvalue weighted by molar-refractivity contribution is -0.149. The minimum atomic E-state index is -0.453. The average Bonchev–Trinajstić information content (AvgIpc) is 2.78. The molecule has 0 aromatic carbocycles. The maximum absolute atomic E-state index is 11.1. The molecular formula is C10H12O4. The van der Waals surface area contributed by atoms with Crippen LogP contribution in [0.5, 0.6) is 0 Å². The number of ether oxygens (including phenoxy) is 2. The van der Waals surface area contributed by atoms with Crippen LogP contribution in [0.1, 0.15) is 19.8 Å². The molecule has 2 rings (SSSR count). The van der Waals surface area contributed by atoms with Crippen LogP contribution in [-0.4, -0.2) is 30.1 Å². The summed E-state index contributed by atoms with van der Waals surface area (Å²) in [6.07, 6.45) is 3.64. The molecule has 14 heavy (non-hydrogen) atoms. The van der Waals surface area contributed by atoms with Crippen molar-refractivity contribution in [1.29, 1.82) is 0 Å². The number of fused-ring (bicyclic) bond motifs is 1. The molecule has 0 radical (unpaired) electrons. The number of ketones is 1. The zero-order chi connectivity index (χ0) is 10.1. The third-order valence-corrected chi connectivity index (χ3v) is 2.31. The standard InChI is InChI=1S/C10H12O4/c1-6-4-9-8(14-9)3-2-7(11)5-10(12)13-6/h2-3,6,8-9H,4-5H2,1H3/b3-2+/t6-,8-,9+/m1/s1. The molecule has 0 spiro atoms. The van der Waals surface area contributed by atoms with Gasteiger partial charge in [-0.15, -0.1) is 0 Å². The maximum Gasteiger partial charge on any atom is 0.313 e. The zero-order valence-electron chi connectivity index (χ0n) is 7.93. The first-order valence-corrected chi connectivity index (χ1v) is 4.71. The fourth-order valence-electron chi connectivity index (χ4n) is 1.56. The number of hydrogen-bond acceptors (Lipinski definition) is 4. The average molecular weight is 196 g/mol. The lowest BCUT2D eigenvalue weighted by atomic mass is 10.1. The van der Waals surface area contributed by atoms with E-state index in [9.17, 15) is 9.59 Å². The second-order valence-electron chi connectivity index (χ2n) is 3.68. The van der Waals surface area contributed by atoms with Crippen LogP contribution >= 0.6 is 0 Å². The maximum atomic E-state index is 11.1. The molecule has 4 heteroatoms. The summed E-state index contributed by atoms with van der Waals surface area (Å²) < 4.78 is 10.3. The normalized spacial score (nSPS) is 39.6. The fourth-order valence-corrected chi connectivity index (χ4v) is 1.56. The Morgan fingerprint density at radius 3 is 3.00 bits per heavy atom. The van der Waals surface area contributed by atoms with E-state index in [0.717, 1.165) is 0 Å². The van der Waals surface area contributed by atoms with E-state index in [1.807, 2.05) is 6.92 Å². The predicted octanol–water partition coefficient (Wildman–Crippen LogP) is 0.605. The lowest BCUT2D eigenvalue weighted by Crippen LogP contribution is -2.20. The Morgan fingerprint density at radius 2 is 2.21 bits per heavy atom. The molecule has 76 valence electrons. The van der Waals surface area contributed by atoms with Gasteiger partial charge in [0.1, 0.15) is 18.6 Å². The van der Waals surface area contributed by atoms with E-state index < -0.39 is 5.97 Å². The van der Waals surface area contributed by atoms with Gasteiger partial charge in [0.25, 0.3) is 0 Å². The van der Waals surface area contributed by atoms with Crippen LogP contribution < -0.4 is 0 Å². The molecule has 0 amide bonds. The van der Waals surface area contributed by atoms with Gasteiger partial charge in [-0.25, -0.2) is 0 Å².